The Morgan fingerprint density at radius 1 is 0.444 bits per heavy atom. The molecule has 0 saturated heterocycles. The fraction of sp³-hybridized carbons (Fsp3) is 0.0769. The predicted octanol–water partition coefficient (Wildman–Crippen LogP) is -1.41. The van der Waals surface area contributed by atoms with Gasteiger partial charge < -0.3 is 86.1 Å². The molecule has 0 amide bonds. The fourth-order valence-corrected chi connectivity index (χ4v) is 7.27. The molecule has 9 rings (SSSR count). The van der Waals surface area contributed by atoms with Gasteiger partial charge in [-0.05, 0) is 36.4 Å². The lowest BCUT2D eigenvalue weighted by atomic mass is 10.1. The van der Waals surface area contributed by atoms with Crippen molar-refractivity contribution in [1.29, 1.82) is 0 Å². The molecule has 0 spiro atoms. The molecule has 0 bridgehead atoms. The third kappa shape index (κ3) is 8.30. The number of fused-ring (bicyclic) bond motifs is 9. The maximum atomic E-state index is 11.1. The molecule has 0 atom stereocenters. The third-order valence-corrected chi connectivity index (χ3v) is 10.1. The molecule has 0 saturated carbocycles. The van der Waals surface area contributed by atoms with E-state index < -0.39 is 0 Å². The molecule has 3 aliphatic heterocycles. The van der Waals surface area contributed by atoms with E-state index in [1.807, 2.05) is 120 Å². The van der Waals surface area contributed by atoms with Gasteiger partial charge in [-0.1, -0.05) is 84.2 Å². The molecular formula is C39H27Br3I3N3O6. The molecule has 0 N–H and O–H groups in total. The summed E-state index contributed by atoms with van der Waals surface area (Å²) >= 11 is 9.98. The Kier molecular flexibility index (Phi) is 16.1. The van der Waals surface area contributed by atoms with Crippen molar-refractivity contribution in [2.75, 3.05) is 19.8 Å². The molecule has 3 aliphatic rings. The molecule has 276 valence electrons. The van der Waals surface area contributed by atoms with Crippen LogP contribution in [0.2, 0.25) is 0 Å². The highest BCUT2D eigenvalue weighted by Crippen LogP contribution is 2.28. The molecule has 0 aliphatic carbocycles. The highest BCUT2D eigenvalue weighted by Gasteiger charge is 2.35. The van der Waals surface area contributed by atoms with Crippen molar-refractivity contribution >= 4 is 116 Å². The number of ether oxygens (including phenoxy) is 3. The van der Waals surface area contributed by atoms with E-state index in [0.29, 0.717) is 54.2 Å². The van der Waals surface area contributed by atoms with Crippen LogP contribution in [0.1, 0.15) is 31.1 Å². The van der Waals surface area contributed by atoms with Crippen molar-refractivity contribution < 1.29 is 114 Å². The highest BCUT2D eigenvalue weighted by atomic mass is 127. The van der Waals surface area contributed by atoms with Crippen LogP contribution in [0.4, 0.5) is 0 Å². The number of hydrogen-bond donors (Lipinski definition) is 0. The molecule has 0 radical (unpaired) electrons. The number of hydrogen-bond acceptors (Lipinski definition) is 6. The van der Waals surface area contributed by atoms with Crippen molar-refractivity contribution in [2.24, 2.45) is 0 Å². The number of carbonyl (C=O) groups is 3. The molecule has 54 heavy (non-hydrogen) atoms. The number of halogens is 6. The summed E-state index contributed by atoms with van der Waals surface area (Å²) in [5.74, 6) is 1.85. The number of benzene rings is 3. The van der Waals surface area contributed by atoms with Gasteiger partial charge in [-0.25, -0.2) is 0 Å². The van der Waals surface area contributed by atoms with Crippen LogP contribution in [0.15, 0.2) is 106 Å². The second-order valence-electron chi connectivity index (χ2n) is 11.4. The van der Waals surface area contributed by atoms with Crippen LogP contribution in [0.3, 0.4) is 0 Å². The van der Waals surface area contributed by atoms with Gasteiger partial charge in [0.25, 0.3) is 0 Å². The van der Waals surface area contributed by atoms with E-state index >= 15 is 0 Å². The third-order valence-electron chi connectivity index (χ3n) is 8.51. The summed E-state index contributed by atoms with van der Waals surface area (Å²) in [6.45, 7) is 1.42. The summed E-state index contributed by atoms with van der Waals surface area (Å²) in [4.78, 5) is 38.7. The lowest BCUT2D eigenvalue weighted by Crippen LogP contribution is -3.00. The maximum absolute atomic E-state index is 11.1. The largest absolute Gasteiger partial charge is 1.00 e. The summed E-state index contributed by atoms with van der Waals surface area (Å²) in [6.07, 6.45) is 2.49. The van der Waals surface area contributed by atoms with Gasteiger partial charge in [0, 0.05) is 34.4 Å². The second kappa shape index (κ2) is 19.8. The van der Waals surface area contributed by atoms with Crippen LogP contribution < -0.4 is 99.8 Å². The lowest BCUT2D eigenvalue weighted by Gasteiger charge is -1.99. The first-order chi connectivity index (χ1) is 25.0. The van der Waals surface area contributed by atoms with Crippen LogP contribution in [0, 0.1) is 0 Å². The molecular weight excluding hydrogens is 1230 g/mol. The summed E-state index contributed by atoms with van der Waals surface area (Å²) in [6, 6.07) is 29.3. The van der Waals surface area contributed by atoms with E-state index in [0.717, 1.165) is 68.7 Å². The number of aldehydes is 3. The zero-order chi connectivity index (χ0) is 35.5. The zero-order valence-electron chi connectivity index (χ0n) is 27.8. The molecule has 3 aromatic heterocycles. The van der Waals surface area contributed by atoms with Gasteiger partial charge >= 0.3 is 17.6 Å². The van der Waals surface area contributed by atoms with Gasteiger partial charge in [0.1, 0.15) is 16.7 Å². The quantitative estimate of drug-likeness (QED) is 0.123. The van der Waals surface area contributed by atoms with Crippen LogP contribution in [-0.4, -0.2) is 38.7 Å². The van der Waals surface area contributed by atoms with Gasteiger partial charge in [0.05, 0.1) is 15.0 Å². The first kappa shape index (κ1) is 43.9. The van der Waals surface area contributed by atoms with E-state index in [1.165, 1.54) is 0 Å². The molecule has 9 nitrogen and oxygen atoms in total. The average molecular weight is 1250 g/mol. The molecule has 0 fully saturated rings. The summed E-state index contributed by atoms with van der Waals surface area (Å²) in [5.41, 5.74) is 7.80. The topological polar surface area (TPSA) is 90.5 Å². The second-order valence-corrected chi connectivity index (χ2v) is 12.8. The Hall–Kier alpha value is -2.85. The van der Waals surface area contributed by atoms with Crippen LogP contribution in [-0.2, 0) is 0 Å². The monoisotopic (exact) mass is 1250 g/mol. The van der Waals surface area contributed by atoms with Crippen LogP contribution >= 0.6 is 47.8 Å². The van der Waals surface area contributed by atoms with Crippen molar-refractivity contribution in [3.05, 3.63) is 123 Å². The SMILES string of the molecule is O=Cc1cc2ccccc2[n+]2c1OCC2=CBr.O=Cc1cc2ccccc2[n+]2c1OCC2=CBr.O=Cc1cc2ccccc2[n+]2c1OCC2=CBr.[I-].[I-].[I-]. The number of rotatable bonds is 3. The van der Waals surface area contributed by atoms with E-state index in [2.05, 4.69) is 47.8 Å². The number of aromatic nitrogens is 3. The molecule has 3 aromatic carbocycles. The Bertz CT molecular complexity index is 2240. The Morgan fingerprint density at radius 2 is 0.704 bits per heavy atom. The van der Waals surface area contributed by atoms with E-state index in [4.69, 9.17) is 14.2 Å². The summed E-state index contributed by atoms with van der Waals surface area (Å²) < 4.78 is 22.6. The summed E-state index contributed by atoms with van der Waals surface area (Å²) in [7, 11) is 0. The Balaban J connectivity index is 0.000000176. The lowest BCUT2D eigenvalue weighted by molar-refractivity contribution is -0.544. The maximum Gasteiger partial charge on any atom is 0.385 e. The van der Waals surface area contributed by atoms with Gasteiger partial charge in [-0.2, -0.15) is 0 Å². The smallest absolute Gasteiger partial charge is 0.385 e. The molecule has 6 heterocycles. The number of pyridine rings is 3. The molecule has 6 aromatic rings. The van der Waals surface area contributed by atoms with Crippen molar-refractivity contribution in [1.82, 2.24) is 0 Å². The van der Waals surface area contributed by atoms with Crippen molar-refractivity contribution in [2.45, 2.75) is 0 Å². The Labute approximate surface area is 386 Å². The van der Waals surface area contributed by atoms with E-state index in [9.17, 15) is 14.4 Å². The van der Waals surface area contributed by atoms with E-state index in [1.54, 1.807) is 0 Å². The zero-order valence-corrected chi connectivity index (χ0v) is 39.0. The van der Waals surface area contributed by atoms with Crippen LogP contribution in [0.25, 0.3) is 49.8 Å². The van der Waals surface area contributed by atoms with Gasteiger partial charge in [-0.3, -0.25) is 14.4 Å². The minimum Gasteiger partial charge on any atom is -1.00 e. The highest BCUT2D eigenvalue weighted by molar-refractivity contribution is 9.11. The average Bonchev–Trinajstić information content (AvgIpc) is 3.95. The van der Waals surface area contributed by atoms with Crippen molar-refractivity contribution in [3.8, 4) is 17.6 Å². The standard InChI is InChI=1S/3C13H9BrNO2.3HI/c3*14-6-11-8-17-13-10(7-16)5-9-3-1-2-4-12(9)15(11)13;;;/h3*1-7H,8H2;3*1H/q3*+1;;;/p-3. The van der Waals surface area contributed by atoms with Crippen LogP contribution in [0.5, 0.6) is 17.6 Å². The van der Waals surface area contributed by atoms with Gasteiger partial charge in [0.2, 0.25) is 33.6 Å². The van der Waals surface area contributed by atoms with E-state index in [-0.39, 0.29) is 71.9 Å². The predicted molar refractivity (Wildman–Crippen MR) is 205 cm³/mol. The summed E-state index contributed by atoms with van der Waals surface area (Å²) in [5, 5.41) is 3.07. The van der Waals surface area contributed by atoms with Gasteiger partial charge in [0.15, 0.2) is 38.7 Å². The minimum atomic E-state index is 0. The molecule has 0 unspecified atom stereocenters. The molecule has 15 heteroatoms. The number of carbonyl (C=O) groups excluding carboxylic acids is 3. The van der Waals surface area contributed by atoms with Crippen molar-refractivity contribution in [3.63, 3.8) is 0 Å². The normalized spacial score (nSPS) is 15.1. The minimum absolute atomic E-state index is 0. The number of para-hydroxylation sites is 3. The first-order valence-corrected chi connectivity index (χ1v) is 18.4. The van der Waals surface area contributed by atoms with Gasteiger partial charge in [-0.15, -0.1) is 13.7 Å². The fourth-order valence-electron chi connectivity index (χ4n) is 6.26. The number of nitrogens with zero attached hydrogens (tertiary/aromatic N) is 3. The first-order valence-electron chi connectivity index (χ1n) is 15.6. The Morgan fingerprint density at radius 3 is 0.944 bits per heavy atom.